The van der Waals surface area contributed by atoms with Gasteiger partial charge in [-0.2, -0.15) is 4.98 Å². The number of thiocarbonyl (C=S) groups is 1. The molecule has 0 aliphatic rings. The van der Waals surface area contributed by atoms with E-state index < -0.39 is 0 Å². The fraction of sp³-hybridized carbons (Fsp3) is 0.211. The molecule has 0 bridgehead atoms. The van der Waals surface area contributed by atoms with E-state index in [1.54, 1.807) is 36.7 Å². The van der Waals surface area contributed by atoms with Crippen molar-refractivity contribution in [2.24, 2.45) is 0 Å². The number of halogens is 1. The van der Waals surface area contributed by atoms with Gasteiger partial charge in [-0.3, -0.25) is 0 Å². The van der Waals surface area contributed by atoms with E-state index in [-0.39, 0.29) is 5.82 Å². The Labute approximate surface area is 177 Å². The largest absolute Gasteiger partial charge is 0.481 e. The monoisotopic (exact) mass is 430 g/mol. The summed E-state index contributed by atoms with van der Waals surface area (Å²) in [6.07, 6.45) is 5.00. The Morgan fingerprint density at radius 2 is 1.93 bits per heavy atom. The van der Waals surface area contributed by atoms with Gasteiger partial charge in [0.2, 0.25) is 11.8 Å². The van der Waals surface area contributed by atoms with E-state index in [1.807, 2.05) is 0 Å². The Bertz CT molecular complexity index is 943. The highest BCUT2D eigenvalue weighted by atomic mass is 32.2. The summed E-state index contributed by atoms with van der Waals surface area (Å²) in [7, 11) is 1.53. The summed E-state index contributed by atoms with van der Waals surface area (Å²) in [4.78, 5) is 17.0. The highest BCUT2D eigenvalue weighted by Crippen LogP contribution is 2.25. The maximum atomic E-state index is 12.9. The van der Waals surface area contributed by atoms with Gasteiger partial charge in [0.25, 0.3) is 0 Å². The second kappa shape index (κ2) is 10.6. The molecule has 3 rings (SSSR count). The third-order valence-electron chi connectivity index (χ3n) is 3.69. The third-order valence-corrected chi connectivity index (χ3v) is 4.75. The number of nitrogens with zero attached hydrogens (tertiary/aromatic N) is 4. The zero-order valence-electron chi connectivity index (χ0n) is 15.6. The number of hydrogen-bond acceptors (Lipinski definition) is 7. The van der Waals surface area contributed by atoms with Crippen molar-refractivity contribution in [1.82, 2.24) is 25.3 Å². The SMILES string of the molecule is COc1cc(Sc2ncccn2)nc(NC(=S)NCCCc2ccc(F)cc2)n1. The van der Waals surface area contributed by atoms with Crippen molar-refractivity contribution < 1.29 is 9.13 Å². The van der Waals surface area contributed by atoms with Crippen LogP contribution in [0.15, 0.2) is 59.0 Å². The molecule has 0 saturated heterocycles. The van der Waals surface area contributed by atoms with Crippen LogP contribution in [-0.4, -0.2) is 38.7 Å². The van der Waals surface area contributed by atoms with Gasteiger partial charge in [-0.1, -0.05) is 12.1 Å². The van der Waals surface area contributed by atoms with Crippen LogP contribution >= 0.6 is 24.0 Å². The highest BCUT2D eigenvalue weighted by Gasteiger charge is 2.09. The third kappa shape index (κ3) is 6.91. The molecule has 29 heavy (non-hydrogen) atoms. The quantitative estimate of drug-likeness (QED) is 0.241. The van der Waals surface area contributed by atoms with Crippen LogP contribution in [0.4, 0.5) is 10.3 Å². The molecule has 0 amide bonds. The minimum absolute atomic E-state index is 0.230. The van der Waals surface area contributed by atoms with Crippen LogP contribution < -0.4 is 15.4 Å². The van der Waals surface area contributed by atoms with E-state index in [4.69, 9.17) is 17.0 Å². The Morgan fingerprint density at radius 1 is 1.17 bits per heavy atom. The molecule has 2 N–H and O–H groups in total. The van der Waals surface area contributed by atoms with Crippen molar-refractivity contribution in [3.63, 3.8) is 0 Å². The molecule has 0 atom stereocenters. The first-order valence-corrected chi connectivity index (χ1v) is 10.0. The maximum absolute atomic E-state index is 12.9. The normalized spacial score (nSPS) is 10.4. The maximum Gasteiger partial charge on any atom is 0.233 e. The van der Waals surface area contributed by atoms with Crippen molar-refractivity contribution >= 4 is 35.0 Å². The average molecular weight is 431 g/mol. The molecule has 7 nitrogen and oxygen atoms in total. The van der Waals surface area contributed by atoms with Gasteiger partial charge in [0.05, 0.1) is 7.11 Å². The minimum Gasteiger partial charge on any atom is -0.481 e. The van der Waals surface area contributed by atoms with E-state index in [1.165, 1.54) is 31.0 Å². The summed E-state index contributed by atoms with van der Waals surface area (Å²) < 4.78 is 18.2. The first kappa shape index (κ1) is 20.9. The number of aromatic nitrogens is 4. The molecule has 150 valence electrons. The van der Waals surface area contributed by atoms with Crippen molar-refractivity contribution in [2.45, 2.75) is 23.0 Å². The summed E-state index contributed by atoms with van der Waals surface area (Å²) in [6, 6.07) is 9.94. The van der Waals surface area contributed by atoms with E-state index >= 15 is 0 Å². The number of hydrogen-bond donors (Lipinski definition) is 2. The van der Waals surface area contributed by atoms with E-state index in [9.17, 15) is 4.39 Å². The fourth-order valence-corrected chi connectivity index (χ4v) is 3.24. The van der Waals surface area contributed by atoms with Gasteiger partial charge >= 0.3 is 0 Å². The number of ether oxygens (including phenoxy) is 1. The standard InChI is InChI=1S/C19H19FN6OS2/c1-27-15-12-16(29-19-22-10-3-11-23-19)25-17(24-15)26-18(28)21-9-2-4-13-5-7-14(20)8-6-13/h3,5-8,10-12H,2,4,9H2,1H3,(H2,21,24,25,26,28). The number of benzene rings is 1. The Morgan fingerprint density at radius 3 is 2.66 bits per heavy atom. The molecule has 0 aliphatic heterocycles. The topological polar surface area (TPSA) is 84.9 Å². The second-order valence-electron chi connectivity index (χ2n) is 5.82. The summed E-state index contributed by atoms with van der Waals surface area (Å²) in [5.41, 5.74) is 1.08. The van der Waals surface area contributed by atoms with Gasteiger partial charge < -0.3 is 15.4 Å². The lowest BCUT2D eigenvalue weighted by Crippen LogP contribution is -2.30. The van der Waals surface area contributed by atoms with Gasteiger partial charge in [0.15, 0.2) is 10.3 Å². The van der Waals surface area contributed by atoms with Crippen LogP contribution in [0.25, 0.3) is 0 Å². The average Bonchev–Trinajstić information content (AvgIpc) is 2.73. The smallest absolute Gasteiger partial charge is 0.233 e. The highest BCUT2D eigenvalue weighted by molar-refractivity contribution is 7.99. The Kier molecular flexibility index (Phi) is 7.65. The van der Waals surface area contributed by atoms with E-state index in [0.717, 1.165) is 18.4 Å². The number of aryl methyl sites for hydroxylation is 1. The molecule has 2 heterocycles. The van der Waals surface area contributed by atoms with Crippen LogP contribution in [0, 0.1) is 5.82 Å². The van der Waals surface area contributed by atoms with Crippen LogP contribution in [-0.2, 0) is 6.42 Å². The van der Waals surface area contributed by atoms with Gasteiger partial charge in [-0.25, -0.2) is 19.3 Å². The summed E-state index contributed by atoms with van der Waals surface area (Å²) >= 11 is 6.61. The molecule has 0 fully saturated rings. The lowest BCUT2D eigenvalue weighted by molar-refractivity contribution is 0.396. The fourth-order valence-electron chi connectivity index (χ4n) is 2.34. The number of methoxy groups -OCH3 is 1. The van der Waals surface area contributed by atoms with Crippen molar-refractivity contribution in [1.29, 1.82) is 0 Å². The molecule has 0 radical (unpaired) electrons. The zero-order chi connectivity index (χ0) is 20.5. The summed E-state index contributed by atoms with van der Waals surface area (Å²) in [6.45, 7) is 0.659. The molecule has 0 aliphatic carbocycles. The second-order valence-corrected chi connectivity index (χ2v) is 7.21. The minimum atomic E-state index is -0.230. The predicted octanol–water partition coefficient (Wildman–Crippen LogP) is 3.48. The molecule has 10 heteroatoms. The Balaban J connectivity index is 1.52. The lowest BCUT2D eigenvalue weighted by Gasteiger charge is -2.11. The molecule has 2 aromatic heterocycles. The molecule has 0 saturated carbocycles. The van der Waals surface area contributed by atoms with E-state index in [0.29, 0.717) is 33.7 Å². The number of nitrogens with one attached hydrogen (secondary N) is 2. The van der Waals surface area contributed by atoms with E-state index in [2.05, 4.69) is 30.6 Å². The number of anilines is 1. The van der Waals surface area contributed by atoms with Crippen LogP contribution in [0.2, 0.25) is 0 Å². The van der Waals surface area contributed by atoms with Crippen LogP contribution in [0.3, 0.4) is 0 Å². The van der Waals surface area contributed by atoms with Gasteiger partial charge in [-0.05, 0) is 60.6 Å². The molecular formula is C19H19FN6OS2. The van der Waals surface area contributed by atoms with Crippen molar-refractivity contribution in [3.05, 3.63) is 60.2 Å². The predicted molar refractivity (Wildman–Crippen MR) is 114 cm³/mol. The van der Waals surface area contributed by atoms with Crippen molar-refractivity contribution in [2.75, 3.05) is 19.0 Å². The molecular weight excluding hydrogens is 411 g/mol. The van der Waals surface area contributed by atoms with Gasteiger partial charge in [0, 0.05) is 25.0 Å². The summed E-state index contributed by atoms with van der Waals surface area (Å²) in [5.74, 6) is 0.491. The van der Waals surface area contributed by atoms with Gasteiger partial charge in [-0.15, -0.1) is 0 Å². The van der Waals surface area contributed by atoms with Crippen molar-refractivity contribution in [3.8, 4) is 5.88 Å². The summed E-state index contributed by atoms with van der Waals surface area (Å²) in [5, 5.41) is 7.68. The zero-order valence-corrected chi connectivity index (χ0v) is 17.3. The molecule has 1 aromatic carbocycles. The van der Waals surface area contributed by atoms with Crippen LogP contribution in [0.5, 0.6) is 5.88 Å². The number of rotatable bonds is 8. The molecule has 3 aromatic rings. The first-order chi connectivity index (χ1) is 14.1. The lowest BCUT2D eigenvalue weighted by atomic mass is 10.1. The molecule has 0 unspecified atom stereocenters. The Hall–Kier alpha value is -2.85. The van der Waals surface area contributed by atoms with Crippen LogP contribution in [0.1, 0.15) is 12.0 Å². The molecule has 0 spiro atoms. The van der Waals surface area contributed by atoms with Gasteiger partial charge in [0.1, 0.15) is 10.8 Å². The first-order valence-electron chi connectivity index (χ1n) is 8.79.